The van der Waals surface area contributed by atoms with Gasteiger partial charge in [-0.1, -0.05) is 11.6 Å². The summed E-state index contributed by atoms with van der Waals surface area (Å²) in [5.74, 6) is 2.23. The van der Waals surface area contributed by atoms with Crippen LogP contribution < -0.4 is 19.7 Å². The van der Waals surface area contributed by atoms with Crippen molar-refractivity contribution < 1.29 is 9.47 Å². The molecule has 0 radical (unpaired) electrons. The zero-order valence-electron chi connectivity index (χ0n) is 17.3. The second kappa shape index (κ2) is 7.69. The van der Waals surface area contributed by atoms with Crippen LogP contribution in [0.3, 0.4) is 0 Å². The molecule has 7 heteroatoms. The van der Waals surface area contributed by atoms with Crippen molar-refractivity contribution in [1.82, 2.24) is 15.3 Å². The Bertz CT molecular complexity index is 1050. The third-order valence-corrected chi connectivity index (χ3v) is 5.93. The number of methoxy groups -OCH3 is 2. The molecule has 0 spiro atoms. The van der Waals surface area contributed by atoms with Crippen molar-refractivity contribution in [3.63, 3.8) is 0 Å². The first kappa shape index (κ1) is 19.7. The fourth-order valence-corrected chi connectivity index (χ4v) is 4.17. The maximum absolute atomic E-state index is 6.72. The first-order chi connectivity index (χ1) is 14.0. The number of likely N-dealkylation sites (N-methyl/N-ethyl adjacent to an activating group) is 1. The molecule has 1 N–H and O–H groups in total. The molecular formula is C22H25ClN4O2. The number of fused-ring (bicyclic) bond motifs is 1. The molecule has 0 unspecified atom stereocenters. The quantitative estimate of drug-likeness (QED) is 0.683. The zero-order valence-corrected chi connectivity index (χ0v) is 18.1. The van der Waals surface area contributed by atoms with Crippen molar-refractivity contribution in [3.05, 3.63) is 40.7 Å². The molecule has 1 saturated heterocycles. The van der Waals surface area contributed by atoms with Crippen molar-refractivity contribution >= 4 is 28.2 Å². The molecule has 0 atom stereocenters. The summed E-state index contributed by atoms with van der Waals surface area (Å²) in [6, 6.07) is 6.41. The topological polar surface area (TPSA) is 59.5 Å². The van der Waals surface area contributed by atoms with Gasteiger partial charge in [0.2, 0.25) is 0 Å². The second-order valence-corrected chi connectivity index (χ2v) is 7.74. The molecule has 29 heavy (non-hydrogen) atoms. The molecule has 4 rings (SSSR count). The number of hydrogen-bond acceptors (Lipinski definition) is 6. The molecule has 3 aromatic rings. The maximum Gasteiger partial charge on any atom is 0.141 e. The lowest BCUT2D eigenvalue weighted by molar-refractivity contribution is 0.393. The van der Waals surface area contributed by atoms with E-state index in [1.165, 1.54) is 0 Å². The Morgan fingerprint density at radius 3 is 2.48 bits per heavy atom. The van der Waals surface area contributed by atoms with E-state index < -0.39 is 0 Å². The summed E-state index contributed by atoms with van der Waals surface area (Å²) in [5.41, 5.74) is 3.49. The van der Waals surface area contributed by atoms with Crippen molar-refractivity contribution in [1.29, 1.82) is 0 Å². The normalized spacial score (nSPS) is 14.2. The van der Waals surface area contributed by atoms with E-state index in [0.29, 0.717) is 22.6 Å². The molecule has 1 aliphatic heterocycles. The first-order valence-electron chi connectivity index (χ1n) is 9.57. The Labute approximate surface area is 175 Å². The van der Waals surface area contributed by atoms with Crippen LogP contribution in [-0.4, -0.2) is 50.4 Å². The number of ether oxygens (including phenoxy) is 2. The van der Waals surface area contributed by atoms with Crippen LogP contribution in [0.4, 0.5) is 5.82 Å². The van der Waals surface area contributed by atoms with Crippen molar-refractivity contribution in [3.8, 4) is 22.8 Å². The highest BCUT2D eigenvalue weighted by Crippen LogP contribution is 2.43. The Balaban J connectivity index is 1.95. The van der Waals surface area contributed by atoms with E-state index in [2.05, 4.69) is 21.3 Å². The number of nitrogens with zero attached hydrogens (tertiary/aromatic N) is 3. The van der Waals surface area contributed by atoms with Gasteiger partial charge in [-0.05, 0) is 33.0 Å². The Kier molecular flexibility index (Phi) is 5.23. The van der Waals surface area contributed by atoms with Crippen LogP contribution >= 0.6 is 11.6 Å². The first-order valence-corrected chi connectivity index (χ1v) is 9.95. The van der Waals surface area contributed by atoms with Crippen LogP contribution in [-0.2, 0) is 0 Å². The van der Waals surface area contributed by atoms with E-state index in [0.717, 1.165) is 52.2 Å². The summed E-state index contributed by atoms with van der Waals surface area (Å²) in [4.78, 5) is 11.8. The summed E-state index contributed by atoms with van der Waals surface area (Å²) in [7, 11) is 5.23. The standard InChI is InChI=1S/C22H25ClN4O2/c1-12-6-16-14(9-25-12)7-17(26-22(16)27-10-15(11-27)24-3)20-13(2)18(28-4)8-19(29-5)21(20)23/h6-9,15,24H,10-11H2,1-5H3. The van der Waals surface area contributed by atoms with Crippen LogP contribution in [0.15, 0.2) is 24.4 Å². The minimum atomic E-state index is 0.473. The zero-order chi connectivity index (χ0) is 20.7. The van der Waals surface area contributed by atoms with Crippen LogP contribution in [0, 0.1) is 13.8 Å². The van der Waals surface area contributed by atoms with Crippen LogP contribution in [0.25, 0.3) is 22.0 Å². The number of pyridine rings is 2. The number of anilines is 1. The number of nitrogens with one attached hydrogen (secondary N) is 1. The predicted molar refractivity (Wildman–Crippen MR) is 118 cm³/mol. The van der Waals surface area contributed by atoms with Gasteiger partial charge in [-0.15, -0.1) is 0 Å². The molecule has 1 fully saturated rings. The third-order valence-electron chi connectivity index (χ3n) is 5.56. The molecule has 0 bridgehead atoms. The van der Waals surface area contributed by atoms with Gasteiger partial charge in [0.1, 0.15) is 17.3 Å². The average molecular weight is 413 g/mol. The SMILES string of the molecule is CNC1CN(c2nc(-c3c(C)c(OC)cc(OC)c3Cl)cc3cnc(C)cc23)C1. The van der Waals surface area contributed by atoms with Gasteiger partial charge in [0.05, 0.1) is 24.9 Å². The van der Waals surface area contributed by atoms with E-state index in [-0.39, 0.29) is 0 Å². The fourth-order valence-electron chi connectivity index (χ4n) is 3.80. The summed E-state index contributed by atoms with van der Waals surface area (Å²) in [5, 5.41) is 5.97. The number of rotatable bonds is 5. The molecule has 152 valence electrons. The monoisotopic (exact) mass is 412 g/mol. The smallest absolute Gasteiger partial charge is 0.141 e. The van der Waals surface area contributed by atoms with E-state index in [1.807, 2.05) is 33.2 Å². The predicted octanol–water partition coefficient (Wildman–Crippen LogP) is 3.99. The highest BCUT2D eigenvalue weighted by molar-refractivity contribution is 6.35. The van der Waals surface area contributed by atoms with Crippen LogP contribution in [0.1, 0.15) is 11.3 Å². The summed E-state index contributed by atoms with van der Waals surface area (Å²) in [6.07, 6.45) is 1.90. The van der Waals surface area contributed by atoms with Crippen molar-refractivity contribution in [2.24, 2.45) is 0 Å². The number of halogens is 1. The van der Waals surface area contributed by atoms with Crippen LogP contribution in [0.2, 0.25) is 5.02 Å². The van der Waals surface area contributed by atoms with Crippen molar-refractivity contribution in [2.45, 2.75) is 19.9 Å². The Morgan fingerprint density at radius 2 is 1.83 bits per heavy atom. The molecule has 2 aromatic heterocycles. The number of aromatic nitrogens is 2. The molecule has 3 heterocycles. The molecular weight excluding hydrogens is 388 g/mol. The molecule has 0 saturated carbocycles. The van der Waals surface area contributed by atoms with E-state index >= 15 is 0 Å². The molecule has 6 nitrogen and oxygen atoms in total. The molecule has 1 aromatic carbocycles. The van der Waals surface area contributed by atoms with Gasteiger partial charge in [-0.2, -0.15) is 0 Å². The number of hydrogen-bond donors (Lipinski definition) is 1. The minimum absolute atomic E-state index is 0.473. The maximum atomic E-state index is 6.72. The summed E-state index contributed by atoms with van der Waals surface area (Å²) >= 11 is 6.72. The fraction of sp³-hybridized carbons (Fsp3) is 0.364. The van der Waals surface area contributed by atoms with Crippen LogP contribution in [0.5, 0.6) is 11.5 Å². The highest BCUT2D eigenvalue weighted by Gasteiger charge is 2.29. The molecule has 0 aliphatic carbocycles. The lowest BCUT2D eigenvalue weighted by Gasteiger charge is -2.40. The van der Waals surface area contributed by atoms with Gasteiger partial charge < -0.3 is 19.7 Å². The Hall–Kier alpha value is -2.57. The molecule has 1 aliphatic rings. The minimum Gasteiger partial charge on any atom is -0.496 e. The lowest BCUT2D eigenvalue weighted by Crippen LogP contribution is -2.57. The average Bonchev–Trinajstić information content (AvgIpc) is 2.68. The number of benzene rings is 1. The van der Waals surface area contributed by atoms with Gasteiger partial charge >= 0.3 is 0 Å². The largest absolute Gasteiger partial charge is 0.496 e. The summed E-state index contributed by atoms with van der Waals surface area (Å²) < 4.78 is 11.0. The second-order valence-electron chi connectivity index (χ2n) is 7.36. The highest BCUT2D eigenvalue weighted by atomic mass is 35.5. The third kappa shape index (κ3) is 3.36. The Morgan fingerprint density at radius 1 is 1.10 bits per heavy atom. The van der Waals surface area contributed by atoms with Gasteiger partial charge in [0, 0.05) is 59.0 Å². The summed E-state index contributed by atoms with van der Waals surface area (Å²) in [6.45, 7) is 5.81. The lowest BCUT2D eigenvalue weighted by atomic mass is 10.0. The van der Waals surface area contributed by atoms with Gasteiger partial charge in [0.15, 0.2) is 0 Å². The van der Waals surface area contributed by atoms with Crippen molar-refractivity contribution in [2.75, 3.05) is 39.3 Å². The van der Waals surface area contributed by atoms with Gasteiger partial charge in [-0.25, -0.2) is 4.98 Å². The van der Waals surface area contributed by atoms with E-state index in [9.17, 15) is 0 Å². The van der Waals surface area contributed by atoms with Gasteiger partial charge in [-0.3, -0.25) is 4.98 Å². The van der Waals surface area contributed by atoms with E-state index in [4.69, 9.17) is 26.1 Å². The molecule has 0 amide bonds. The van der Waals surface area contributed by atoms with E-state index in [1.54, 1.807) is 20.3 Å². The van der Waals surface area contributed by atoms with Gasteiger partial charge in [0.25, 0.3) is 0 Å². The number of aryl methyl sites for hydroxylation is 1.